The lowest BCUT2D eigenvalue weighted by Crippen LogP contribution is -2.40. The number of halogens is 1. The van der Waals surface area contributed by atoms with Crippen LogP contribution in [0.5, 0.6) is 0 Å². The summed E-state index contributed by atoms with van der Waals surface area (Å²) in [6.07, 6.45) is 1.32. The van der Waals surface area contributed by atoms with Gasteiger partial charge in [0, 0.05) is 17.1 Å². The fraction of sp³-hybridized carbons (Fsp3) is 0.538. The highest BCUT2D eigenvalue weighted by Gasteiger charge is 2.54. The Morgan fingerprint density at radius 3 is 2.82 bits per heavy atom. The van der Waals surface area contributed by atoms with Crippen molar-refractivity contribution in [3.05, 3.63) is 29.6 Å². The first-order valence-electron chi connectivity index (χ1n) is 6.00. The van der Waals surface area contributed by atoms with E-state index in [0.29, 0.717) is 11.5 Å². The minimum atomic E-state index is -0.812. The lowest BCUT2D eigenvalue weighted by molar-refractivity contribution is 0.118. The van der Waals surface area contributed by atoms with Gasteiger partial charge in [-0.2, -0.15) is 0 Å². The molecule has 2 aliphatic heterocycles. The van der Waals surface area contributed by atoms with E-state index in [-0.39, 0.29) is 17.3 Å². The van der Waals surface area contributed by atoms with Crippen LogP contribution in [0, 0.1) is 11.7 Å². The molecule has 0 unspecified atom stereocenters. The van der Waals surface area contributed by atoms with Gasteiger partial charge in [0.1, 0.15) is 0 Å². The van der Waals surface area contributed by atoms with Crippen molar-refractivity contribution >= 4 is 5.69 Å². The molecular weight excluding hydrogens is 219 g/mol. The van der Waals surface area contributed by atoms with Crippen LogP contribution < -0.4 is 11.1 Å². The van der Waals surface area contributed by atoms with Crippen molar-refractivity contribution in [1.29, 1.82) is 0 Å². The SMILES string of the molecule is CC12CC(C1)[C@H]([C@@H](O)c1cccc(N)c1F)N2. The highest BCUT2D eigenvalue weighted by Crippen LogP contribution is 2.50. The largest absolute Gasteiger partial charge is 0.396 e. The molecule has 1 aliphatic carbocycles. The maximum Gasteiger partial charge on any atom is 0.151 e. The van der Waals surface area contributed by atoms with Crippen molar-refractivity contribution in [2.75, 3.05) is 5.73 Å². The second kappa shape index (κ2) is 3.43. The summed E-state index contributed by atoms with van der Waals surface area (Å²) in [5.41, 5.74) is 6.07. The number of fused-ring (bicyclic) bond motifs is 1. The Hall–Kier alpha value is -1.13. The van der Waals surface area contributed by atoms with Crippen LogP contribution in [0.25, 0.3) is 0 Å². The number of nitrogens with one attached hydrogen (secondary N) is 1. The van der Waals surface area contributed by atoms with Crippen molar-refractivity contribution in [3.8, 4) is 0 Å². The zero-order chi connectivity index (χ0) is 12.2. The van der Waals surface area contributed by atoms with Gasteiger partial charge in [-0.1, -0.05) is 12.1 Å². The topological polar surface area (TPSA) is 58.3 Å². The van der Waals surface area contributed by atoms with Crippen LogP contribution in [0.15, 0.2) is 18.2 Å². The number of nitrogen functional groups attached to an aromatic ring is 1. The summed E-state index contributed by atoms with van der Waals surface area (Å²) in [4.78, 5) is 0. The zero-order valence-electron chi connectivity index (χ0n) is 9.78. The number of rotatable bonds is 2. The molecule has 4 N–H and O–H groups in total. The zero-order valence-corrected chi connectivity index (χ0v) is 9.78. The predicted octanol–water partition coefficient (Wildman–Crippen LogP) is 1.58. The van der Waals surface area contributed by atoms with Crippen molar-refractivity contribution in [3.63, 3.8) is 0 Å². The van der Waals surface area contributed by atoms with Gasteiger partial charge in [-0.05, 0) is 31.7 Å². The Balaban J connectivity index is 1.87. The molecule has 0 radical (unpaired) electrons. The lowest BCUT2D eigenvalue weighted by atomic mass is 9.72. The average Bonchev–Trinajstić information content (AvgIpc) is 2.74. The maximum atomic E-state index is 13.8. The van der Waals surface area contributed by atoms with Crippen molar-refractivity contribution in [2.45, 2.75) is 37.5 Å². The molecule has 3 fully saturated rings. The van der Waals surface area contributed by atoms with Crippen LogP contribution in [0.4, 0.5) is 10.1 Å². The first kappa shape index (κ1) is 11.0. The summed E-state index contributed by atoms with van der Waals surface area (Å²) >= 11 is 0. The quantitative estimate of drug-likeness (QED) is 0.683. The van der Waals surface area contributed by atoms with E-state index < -0.39 is 11.9 Å². The van der Waals surface area contributed by atoms with Gasteiger partial charge >= 0.3 is 0 Å². The van der Waals surface area contributed by atoms with Gasteiger partial charge in [-0.25, -0.2) is 4.39 Å². The Morgan fingerprint density at radius 2 is 2.24 bits per heavy atom. The Morgan fingerprint density at radius 1 is 1.53 bits per heavy atom. The monoisotopic (exact) mass is 236 g/mol. The number of nitrogens with two attached hydrogens (primary N) is 1. The van der Waals surface area contributed by atoms with Crippen LogP contribution in [0.3, 0.4) is 0 Å². The van der Waals surface area contributed by atoms with Crippen LogP contribution >= 0.6 is 0 Å². The van der Waals surface area contributed by atoms with E-state index in [1.165, 1.54) is 6.07 Å². The molecular formula is C13H17FN2O. The van der Waals surface area contributed by atoms with E-state index in [9.17, 15) is 9.50 Å². The van der Waals surface area contributed by atoms with Crippen LogP contribution in [-0.4, -0.2) is 16.7 Å². The highest BCUT2D eigenvalue weighted by atomic mass is 19.1. The molecule has 2 atom stereocenters. The second-order valence-corrected chi connectivity index (χ2v) is 5.59. The van der Waals surface area contributed by atoms with E-state index in [0.717, 1.165) is 12.8 Å². The van der Waals surface area contributed by atoms with Gasteiger partial charge in [-0.15, -0.1) is 0 Å². The highest BCUT2D eigenvalue weighted by molar-refractivity contribution is 5.44. The first-order chi connectivity index (χ1) is 8.00. The Labute approximate surface area is 99.8 Å². The maximum absolute atomic E-state index is 13.8. The molecule has 1 aromatic carbocycles. The molecule has 2 bridgehead atoms. The molecule has 3 aliphatic rings. The van der Waals surface area contributed by atoms with Crippen LogP contribution in [-0.2, 0) is 0 Å². The first-order valence-corrected chi connectivity index (χ1v) is 6.00. The van der Waals surface area contributed by atoms with E-state index in [1.807, 2.05) is 0 Å². The normalized spacial score (nSPS) is 36.6. The van der Waals surface area contributed by atoms with Crippen LogP contribution in [0.1, 0.15) is 31.4 Å². The van der Waals surface area contributed by atoms with Gasteiger partial charge in [0.2, 0.25) is 0 Å². The van der Waals surface area contributed by atoms with E-state index >= 15 is 0 Å². The standard InChI is InChI=1S/C13H17FN2O/c1-13-5-7(6-13)11(16-13)12(17)8-3-2-4-9(15)10(8)14/h2-4,7,11-12,16-17H,5-6,15H2,1H3/t7?,11-,12+,13?/m1/s1. The van der Waals surface area contributed by atoms with Crippen molar-refractivity contribution < 1.29 is 9.50 Å². The van der Waals surface area contributed by atoms with Crippen molar-refractivity contribution in [2.24, 2.45) is 5.92 Å². The van der Waals surface area contributed by atoms with E-state index in [1.54, 1.807) is 12.1 Å². The van der Waals surface area contributed by atoms with Crippen LogP contribution in [0.2, 0.25) is 0 Å². The molecule has 4 heteroatoms. The third-order valence-electron chi connectivity index (χ3n) is 4.17. The Kier molecular flexibility index (Phi) is 2.22. The summed E-state index contributed by atoms with van der Waals surface area (Å²) < 4.78 is 13.8. The number of aliphatic hydroxyl groups excluding tert-OH is 1. The predicted molar refractivity (Wildman–Crippen MR) is 63.8 cm³/mol. The third kappa shape index (κ3) is 1.55. The second-order valence-electron chi connectivity index (χ2n) is 5.59. The van der Waals surface area contributed by atoms with E-state index in [4.69, 9.17) is 5.73 Å². The number of benzene rings is 1. The molecule has 2 heterocycles. The summed E-state index contributed by atoms with van der Waals surface area (Å²) in [5.74, 6) is -0.0353. The van der Waals surface area contributed by atoms with Gasteiger partial charge in [0.15, 0.2) is 5.82 Å². The molecule has 4 rings (SSSR count). The van der Waals surface area contributed by atoms with E-state index in [2.05, 4.69) is 12.2 Å². The minimum absolute atomic E-state index is 0.0451. The Bertz CT molecular complexity index is 457. The minimum Gasteiger partial charge on any atom is -0.396 e. The molecule has 0 aromatic heterocycles. The number of anilines is 1. The molecule has 1 saturated carbocycles. The molecule has 92 valence electrons. The molecule has 3 nitrogen and oxygen atoms in total. The number of hydrogen-bond donors (Lipinski definition) is 3. The van der Waals surface area contributed by atoms with Gasteiger partial charge in [0.05, 0.1) is 11.8 Å². The molecule has 1 aromatic rings. The molecule has 2 saturated heterocycles. The summed E-state index contributed by atoms with van der Waals surface area (Å²) in [7, 11) is 0. The summed E-state index contributed by atoms with van der Waals surface area (Å²) in [5, 5.41) is 13.7. The number of hydrogen-bond acceptors (Lipinski definition) is 3. The van der Waals surface area contributed by atoms with Gasteiger partial charge < -0.3 is 16.2 Å². The average molecular weight is 236 g/mol. The smallest absolute Gasteiger partial charge is 0.151 e. The summed E-state index contributed by atoms with van der Waals surface area (Å²) in [6.45, 7) is 2.14. The summed E-state index contributed by atoms with van der Waals surface area (Å²) in [6, 6.07) is 4.75. The van der Waals surface area contributed by atoms with Gasteiger partial charge in [0.25, 0.3) is 0 Å². The fourth-order valence-electron chi connectivity index (χ4n) is 3.32. The molecule has 0 spiro atoms. The number of aliphatic hydroxyl groups is 1. The van der Waals surface area contributed by atoms with Gasteiger partial charge in [-0.3, -0.25) is 0 Å². The fourth-order valence-corrected chi connectivity index (χ4v) is 3.32. The molecule has 0 amide bonds. The van der Waals surface area contributed by atoms with Crippen molar-refractivity contribution in [1.82, 2.24) is 5.32 Å². The molecule has 17 heavy (non-hydrogen) atoms. The third-order valence-corrected chi connectivity index (χ3v) is 4.17. The lowest BCUT2D eigenvalue weighted by Gasteiger charge is -2.33.